The Balaban J connectivity index is 1.35. The van der Waals surface area contributed by atoms with Crippen molar-refractivity contribution < 1.29 is 18.7 Å². The van der Waals surface area contributed by atoms with Crippen LogP contribution in [0.4, 0.5) is 8.78 Å². The highest BCUT2D eigenvalue weighted by Gasteiger charge is 2.15. The first-order chi connectivity index (χ1) is 15.4. The molecule has 2 N–H and O–H groups in total. The zero-order valence-electron chi connectivity index (χ0n) is 17.8. The van der Waals surface area contributed by atoms with E-state index < -0.39 is 17.6 Å². The Kier molecular flexibility index (Phi) is 6.44. The molecule has 0 saturated carbocycles. The summed E-state index contributed by atoms with van der Waals surface area (Å²) in [5.41, 5.74) is 3.76. The number of benzene rings is 1. The van der Waals surface area contributed by atoms with Crippen LogP contribution in [0.25, 0.3) is 22.6 Å². The summed E-state index contributed by atoms with van der Waals surface area (Å²) in [5, 5.41) is 8.84. The summed E-state index contributed by atoms with van der Waals surface area (Å²) < 4.78 is 26.8. The highest BCUT2D eigenvalue weighted by atomic mass is 19.2. The fraction of sp³-hybridized carbons (Fsp3) is 0.320. The van der Waals surface area contributed by atoms with Crippen LogP contribution < -0.4 is 0 Å². The maximum absolute atomic E-state index is 13.4. The third-order valence-corrected chi connectivity index (χ3v) is 5.84. The number of hydrogen-bond donors (Lipinski definition) is 2. The first-order valence-electron chi connectivity index (χ1n) is 10.8. The van der Waals surface area contributed by atoms with Gasteiger partial charge in [-0.15, -0.1) is 0 Å². The van der Waals surface area contributed by atoms with Crippen LogP contribution in [-0.2, 0) is 4.79 Å². The lowest BCUT2D eigenvalue weighted by Crippen LogP contribution is -2.04. The summed E-state index contributed by atoms with van der Waals surface area (Å²) in [5.74, 6) is -1.67. The molecule has 3 aromatic rings. The van der Waals surface area contributed by atoms with Crippen molar-refractivity contribution in [2.24, 2.45) is 5.92 Å². The van der Waals surface area contributed by atoms with Crippen molar-refractivity contribution in [2.45, 2.75) is 44.9 Å². The number of carboxylic acids is 1. The number of fused-ring (bicyclic) bond motifs is 1. The molecule has 0 bridgehead atoms. The summed E-state index contributed by atoms with van der Waals surface area (Å²) in [7, 11) is 0. The second-order valence-corrected chi connectivity index (χ2v) is 8.42. The first-order valence-corrected chi connectivity index (χ1v) is 10.8. The minimum absolute atomic E-state index is 0.197. The van der Waals surface area contributed by atoms with Gasteiger partial charge in [0.15, 0.2) is 17.5 Å². The zero-order chi connectivity index (χ0) is 22.7. The topological polar surface area (TPSA) is 78.9 Å². The summed E-state index contributed by atoms with van der Waals surface area (Å²) in [6, 6.07) is 6.02. The van der Waals surface area contributed by atoms with E-state index in [1.165, 1.54) is 5.57 Å². The van der Waals surface area contributed by atoms with Crippen molar-refractivity contribution in [2.75, 3.05) is 0 Å². The molecule has 166 valence electrons. The van der Waals surface area contributed by atoms with Gasteiger partial charge in [-0.2, -0.15) is 0 Å². The van der Waals surface area contributed by atoms with Crippen LogP contribution in [0.15, 0.2) is 54.3 Å². The molecule has 0 radical (unpaired) electrons. The van der Waals surface area contributed by atoms with Gasteiger partial charge in [0.1, 0.15) is 5.69 Å². The number of allylic oxidation sites excluding steroid dienone is 4. The molecule has 1 aliphatic rings. The van der Waals surface area contributed by atoms with Crippen molar-refractivity contribution in [3.63, 3.8) is 0 Å². The van der Waals surface area contributed by atoms with Crippen LogP contribution in [0.5, 0.6) is 0 Å². The number of imidazole rings is 1. The van der Waals surface area contributed by atoms with Gasteiger partial charge in [0.25, 0.3) is 0 Å². The Labute approximate surface area is 184 Å². The Morgan fingerprint density at radius 1 is 1.28 bits per heavy atom. The van der Waals surface area contributed by atoms with E-state index in [0.29, 0.717) is 22.6 Å². The third kappa shape index (κ3) is 5.10. The highest BCUT2D eigenvalue weighted by Crippen LogP contribution is 2.29. The van der Waals surface area contributed by atoms with Gasteiger partial charge < -0.3 is 10.1 Å². The summed E-state index contributed by atoms with van der Waals surface area (Å²) in [4.78, 5) is 22.5. The van der Waals surface area contributed by atoms with Gasteiger partial charge in [-0.1, -0.05) is 36.8 Å². The first kappa shape index (κ1) is 21.9. The Hall–Kier alpha value is -3.35. The lowest BCUT2D eigenvalue weighted by Gasteiger charge is -2.17. The number of carbonyl (C=O) groups is 1. The number of hydrogen-bond acceptors (Lipinski definition) is 3. The predicted octanol–water partition coefficient (Wildman–Crippen LogP) is 6.15. The summed E-state index contributed by atoms with van der Waals surface area (Å²) in [6.45, 7) is 1.98. The molecule has 0 saturated heterocycles. The number of rotatable bonds is 8. The van der Waals surface area contributed by atoms with Gasteiger partial charge in [-0.05, 0) is 43.2 Å². The van der Waals surface area contributed by atoms with Crippen molar-refractivity contribution in [1.82, 2.24) is 15.0 Å². The average molecular weight is 437 g/mol. The summed E-state index contributed by atoms with van der Waals surface area (Å²) >= 11 is 0. The number of nitrogens with zero attached hydrogens (tertiary/aromatic N) is 2. The number of halogens is 2. The van der Waals surface area contributed by atoms with Crippen LogP contribution in [-0.4, -0.2) is 26.0 Å². The number of aliphatic carboxylic acids is 1. The van der Waals surface area contributed by atoms with E-state index in [4.69, 9.17) is 5.11 Å². The SMILES string of the molecule is CC(CCCC1=CCC(c2ccc(-c3nc4cc(F)c(F)cc4[nH]3)nc2)C=C1)CC(=O)O. The minimum atomic E-state index is -0.926. The van der Waals surface area contributed by atoms with Gasteiger partial charge in [-0.3, -0.25) is 9.78 Å². The number of aromatic amines is 1. The Morgan fingerprint density at radius 2 is 2.09 bits per heavy atom. The lowest BCUT2D eigenvalue weighted by atomic mass is 9.89. The monoisotopic (exact) mass is 437 g/mol. The molecule has 2 heterocycles. The standard InChI is InChI=1S/C25H25F2N3O2/c1-15(11-24(31)32)3-2-4-16-5-7-17(8-6-16)18-9-10-21(28-14-18)25-29-22-12-19(26)20(27)13-23(22)30-25/h5-7,9-10,12-15,17H,2-4,8,11H2,1H3,(H,29,30)(H,31,32). The number of H-pyrrole nitrogens is 1. The fourth-order valence-corrected chi connectivity index (χ4v) is 4.04. The molecule has 1 aliphatic carbocycles. The van der Waals surface area contributed by atoms with Crippen LogP contribution in [0.3, 0.4) is 0 Å². The molecule has 7 heteroatoms. The van der Waals surface area contributed by atoms with Crippen LogP contribution in [0, 0.1) is 17.6 Å². The normalized spacial score (nSPS) is 16.8. The van der Waals surface area contributed by atoms with E-state index in [2.05, 4.69) is 33.2 Å². The fourth-order valence-electron chi connectivity index (χ4n) is 4.04. The zero-order valence-corrected chi connectivity index (χ0v) is 17.8. The maximum atomic E-state index is 13.4. The largest absolute Gasteiger partial charge is 0.481 e. The van der Waals surface area contributed by atoms with Gasteiger partial charge in [0.2, 0.25) is 0 Å². The number of carboxylic acid groups (broad SMARTS) is 1. The number of pyridine rings is 1. The van der Waals surface area contributed by atoms with E-state index >= 15 is 0 Å². The van der Waals surface area contributed by atoms with Gasteiger partial charge >= 0.3 is 5.97 Å². The lowest BCUT2D eigenvalue weighted by molar-refractivity contribution is -0.138. The summed E-state index contributed by atoms with van der Waals surface area (Å²) in [6.07, 6.45) is 12.3. The average Bonchev–Trinajstić information content (AvgIpc) is 3.17. The van der Waals surface area contributed by atoms with E-state index in [9.17, 15) is 13.6 Å². The molecule has 1 aromatic carbocycles. The molecule has 0 spiro atoms. The number of nitrogens with one attached hydrogen (secondary N) is 1. The third-order valence-electron chi connectivity index (χ3n) is 5.84. The molecule has 0 aliphatic heterocycles. The molecule has 32 heavy (non-hydrogen) atoms. The minimum Gasteiger partial charge on any atom is -0.481 e. The smallest absolute Gasteiger partial charge is 0.303 e. The van der Waals surface area contributed by atoms with Gasteiger partial charge in [0, 0.05) is 30.7 Å². The molecule has 0 amide bonds. The maximum Gasteiger partial charge on any atom is 0.303 e. The second kappa shape index (κ2) is 9.42. The predicted molar refractivity (Wildman–Crippen MR) is 119 cm³/mol. The molecule has 0 fully saturated rings. The van der Waals surface area contributed by atoms with Crippen LogP contribution in [0.2, 0.25) is 0 Å². The molecule has 4 rings (SSSR count). The molecule has 2 atom stereocenters. The van der Waals surface area contributed by atoms with E-state index in [-0.39, 0.29) is 18.3 Å². The van der Waals surface area contributed by atoms with Crippen LogP contribution >= 0.6 is 0 Å². The molecular weight excluding hydrogens is 412 g/mol. The van der Waals surface area contributed by atoms with Crippen molar-refractivity contribution >= 4 is 17.0 Å². The van der Waals surface area contributed by atoms with E-state index in [1.54, 1.807) is 0 Å². The highest BCUT2D eigenvalue weighted by molar-refractivity contribution is 5.78. The number of aromatic nitrogens is 3. The van der Waals surface area contributed by atoms with Crippen molar-refractivity contribution in [3.05, 3.63) is 71.5 Å². The van der Waals surface area contributed by atoms with Gasteiger partial charge in [0.05, 0.1) is 11.0 Å². The van der Waals surface area contributed by atoms with E-state index in [1.807, 2.05) is 25.3 Å². The molecule has 2 aromatic heterocycles. The van der Waals surface area contributed by atoms with Crippen molar-refractivity contribution in [1.29, 1.82) is 0 Å². The van der Waals surface area contributed by atoms with Gasteiger partial charge in [-0.25, -0.2) is 13.8 Å². The molecular formula is C25H25F2N3O2. The van der Waals surface area contributed by atoms with E-state index in [0.717, 1.165) is 43.4 Å². The Bertz CT molecular complexity index is 1140. The second-order valence-electron chi connectivity index (χ2n) is 8.42. The molecule has 2 unspecified atom stereocenters. The Morgan fingerprint density at radius 3 is 2.78 bits per heavy atom. The van der Waals surface area contributed by atoms with Crippen LogP contribution in [0.1, 0.15) is 50.5 Å². The quantitative estimate of drug-likeness (QED) is 0.443. The molecule has 5 nitrogen and oxygen atoms in total. The van der Waals surface area contributed by atoms with Crippen molar-refractivity contribution in [3.8, 4) is 11.5 Å².